The van der Waals surface area contributed by atoms with Gasteiger partial charge in [0.15, 0.2) is 11.4 Å². The maximum atomic E-state index is 13.0. The molecule has 2 heterocycles. The van der Waals surface area contributed by atoms with Crippen molar-refractivity contribution in [2.45, 2.75) is 40.0 Å². The van der Waals surface area contributed by atoms with Crippen LogP contribution in [0.2, 0.25) is 0 Å². The van der Waals surface area contributed by atoms with Gasteiger partial charge in [0.05, 0.1) is 16.9 Å². The van der Waals surface area contributed by atoms with E-state index >= 15 is 0 Å². The van der Waals surface area contributed by atoms with E-state index in [1.807, 2.05) is 38.1 Å². The summed E-state index contributed by atoms with van der Waals surface area (Å²) in [7, 11) is 0. The number of aromatic nitrogens is 6. The van der Waals surface area contributed by atoms with Crippen molar-refractivity contribution in [3.63, 3.8) is 0 Å². The Morgan fingerprint density at radius 2 is 1.94 bits per heavy atom. The van der Waals surface area contributed by atoms with Crippen molar-refractivity contribution in [3.05, 3.63) is 62.6 Å². The molecule has 2 aromatic heterocycles. The van der Waals surface area contributed by atoms with Crippen molar-refractivity contribution in [1.82, 2.24) is 30.4 Å². The lowest BCUT2D eigenvalue weighted by atomic mass is 10.0. The van der Waals surface area contributed by atoms with Crippen LogP contribution in [0.3, 0.4) is 0 Å². The van der Waals surface area contributed by atoms with Crippen LogP contribution >= 0.6 is 0 Å². The number of aromatic hydroxyl groups is 1. The highest BCUT2D eigenvalue weighted by Gasteiger charge is 2.25. The molecular formula is C22H22N8O2. The maximum absolute atomic E-state index is 13.0. The van der Waals surface area contributed by atoms with Gasteiger partial charge in [0, 0.05) is 0 Å². The molecule has 32 heavy (non-hydrogen) atoms. The number of nitrogens with zero attached hydrogens (tertiary/aromatic N) is 6. The van der Waals surface area contributed by atoms with Crippen molar-refractivity contribution in [1.29, 1.82) is 0 Å². The molecule has 0 bridgehead atoms. The Hall–Kier alpha value is -4.08. The van der Waals surface area contributed by atoms with E-state index in [1.54, 1.807) is 6.92 Å². The monoisotopic (exact) mass is 430 g/mol. The van der Waals surface area contributed by atoms with Gasteiger partial charge in [-0.15, -0.1) is 20.4 Å². The molecule has 0 aliphatic heterocycles. The number of rotatable bonds is 4. The van der Waals surface area contributed by atoms with E-state index in [0.717, 1.165) is 47.2 Å². The number of hydrogen-bond donors (Lipinski definition) is 3. The van der Waals surface area contributed by atoms with Gasteiger partial charge in [-0.05, 0) is 85.7 Å². The second kappa shape index (κ2) is 7.56. The number of phenolic OH excluding ortho intramolecular Hbond substituents is 1. The van der Waals surface area contributed by atoms with E-state index in [-0.39, 0.29) is 22.7 Å². The van der Waals surface area contributed by atoms with E-state index in [1.165, 1.54) is 4.68 Å². The first-order valence-electron chi connectivity index (χ1n) is 10.4. The number of H-pyrrole nitrogens is 2. The summed E-state index contributed by atoms with van der Waals surface area (Å²) in [5.41, 5.74) is 6.25. The third kappa shape index (κ3) is 3.20. The first-order chi connectivity index (χ1) is 15.4. The Bertz CT molecular complexity index is 1410. The number of hydrogen-bond acceptors (Lipinski definition) is 7. The number of aromatic amines is 2. The van der Waals surface area contributed by atoms with Crippen LogP contribution in [0.25, 0.3) is 17.1 Å². The summed E-state index contributed by atoms with van der Waals surface area (Å²) in [4.78, 5) is 13.0. The van der Waals surface area contributed by atoms with E-state index in [4.69, 9.17) is 0 Å². The lowest BCUT2D eigenvalue weighted by Crippen LogP contribution is -2.14. The van der Waals surface area contributed by atoms with E-state index in [0.29, 0.717) is 17.1 Å². The molecule has 2 aromatic carbocycles. The lowest BCUT2D eigenvalue weighted by molar-refractivity contribution is 0.477. The first-order valence-corrected chi connectivity index (χ1v) is 10.4. The van der Waals surface area contributed by atoms with Gasteiger partial charge in [-0.25, -0.2) is 4.68 Å². The standard InChI is InChI=1S/C22H22N8O2/c1-11-7-8-15(9-12(11)2)30-22(32)19(13(3)27-30)24-23-17-10-14-5-4-6-16(14)18(20(17)31)21-25-28-29-26-21/h7-10,27,31H,4-6H2,1-3H3,(H,25,26,28,29). The zero-order chi connectivity index (χ0) is 22.4. The molecule has 0 unspecified atom stereocenters. The predicted molar refractivity (Wildman–Crippen MR) is 118 cm³/mol. The summed E-state index contributed by atoms with van der Waals surface area (Å²) in [6, 6.07) is 7.60. The number of nitrogens with one attached hydrogen (secondary N) is 2. The molecule has 1 aliphatic rings. The molecule has 3 N–H and O–H groups in total. The minimum atomic E-state index is -0.312. The average molecular weight is 430 g/mol. The fourth-order valence-corrected chi connectivity index (χ4v) is 4.11. The first kappa shape index (κ1) is 19.9. The number of fused-ring (bicyclic) bond motifs is 1. The molecule has 0 amide bonds. The Kier molecular flexibility index (Phi) is 4.69. The van der Waals surface area contributed by atoms with Crippen LogP contribution in [0.1, 0.15) is 34.4 Å². The Balaban J connectivity index is 1.57. The minimum absolute atomic E-state index is 0.0709. The Morgan fingerprint density at radius 3 is 2.69 bits per heavy atom. The topological polar surface area (TPSA) is 137 Å². The third-order valence-corrected chi connectivity index (χ3v) is 5.97. The van der Waals surface area contributed by atoms with Crippen molar-refractivity contribution in [2.24, 2.45) is 10.2 Å². The number of aryl methyl sites for hydroxylation is 4. The van der Waals surface area contributed by atoms with Crippen molar-refractivity contribution in [3.8, 4) is 22.8 Å². The number of tetrazole rings is 1. The van der Waals surface area contributed by atoms with Crippen LogP contribution in [0.5, 0.6) is 5.75 Å². The SMILES string of the molecule is Cc1ccc(-n2[nH]c(C)c(N=Nc3cc4c(c(-c5nn[nH]n5)c3O)CCC4)c2=O)cc1C. The van der Waals surface area contributed by atoms with Crippen LogP contribution in [-0.4, -0.2) is 35.5 Å². The molecule has 5 rings (SSSR count). The summed E-state index contributed by atoms with van der Waals surface area (Å²) >= 11 is 0. The molecule has 10 heteroatoms. The molecule has 0 saturated heterocycles. The second-order valence-corrected chi connectivity index (χ2v) is 8.04. The summed E-state index contributed by atoms with van der Waals surface area (Å²) in [6.45, 7) is 5.78. The number of benzene rings is 2. The van der Waals surface area contributed by atoms with Gasteiger partial charge in [0.2, 0.25) is 5.82 Å². The second-order valence-electron chi connectivity index (χ2n) is 8.04. The molecular weight excluding hydrogens is 408 g/mol. The summed E-state index contributed by atoms with van der Waals surface area (Å²) < 4.78 is 1.45. The largest absolute Gasteiger partial charge is 0.505 e. The number of azo groups is 1. The normalized spacial score (nSPS) is 13.2. The van der Waals surface area contributed by atoms with E-state index in [2.05, 4.69) is 36.0 Å². The number of phenols is 1. The quantitative estimate of drug-likeness (QED) is 0.422. The van der Waals surface area contributed by atoms with Crippen LogP contribution in [0.4, 0.5) is 11.4 Å². The van der Waals surface area contributed by atoms with Gasteiger partial charge >= 0.3 is 0 Å². The summed E-state index contributed by atoms with van der Waals surface area (Å²) in [5.74, 6) is 0.242. The van der Waals surface area contributed by atoms with Crippen LogP contribution in [-0.2, 0) is 12.8 Å². The van der Waals surface area contributed by atoms with Crippen LogP contribution in [0.15, 0.2) is 39.3 Å². The lowest BCUT2D eigenvalue weighted by Gasteiger charge is -2.09. The van der Waals surface area contributed by atoms with Gasteiger partial charge in [-0.2, -0.15) is 5.21 Å². The highest BCUT2D eigenvalue weighted by molar-refractivity contribution is 5.77. The maximum Gasteiger partial charge on any atom is 0.299 e. The highest BCUT2D eigenvalue weighted by Crippen LogP contribution is 2.44. The molecule has 0 atom stereocenters. The van der Waals surface area contributed by atoms with Gasteiger partial charge in [-0.1, -0.05) is 6.07 Å². The Morgan fingerprint density at radius 1 is 1.09 bits per heavy atom. The minimum Gasteiger partial charge on any atom is -0.505 e. The zero-order valence-electron chi connectivity index (χ0n) is 18.0. The van der Waals surface area contributed by atoms with Crippen LogP contribution in [0, 0.1) is 20.8 Å². The summed E-state index contributed by atoms with van der Waals surface area (Å²) in [6.07, 6.45) is 2.66. The molecule has 1 aliphatic carbocycles. The molecule has 0 fully saturated rings. The highest BCUT2D eigenvalue weighted by atomic mass is 16.3. The molecule has 0 spiro atoms. The zero-order valence-corrected chi connectivity index (χ0v) is 18.0. The van der Waals surface area contributed by atoms with Gasteiger partial charge in [-0.3, -0.25) is 9.89 Å². The van der Waals surface area contributed by atoms with Gasteiger partial charge in [0.1, 0.15) is 5.69 Å². The molecule has 4 aromatic rings. The van der Waals surface area contributed by atoms with E-state index < -0.39 is 0 Å². The van der Waals surface area contributed by atoms with Crippen molar-refractivity contribution >= 4 is 11.4 Å². The van der Waals surface area contributed by atoms with Gasteiger partial charge < -0.3 is 5.11 Å². The average Bonchev–Trinajstić information content (AvgIpc) is 3.51. The fourth-order valence-electron chi connectivity index (χ4n) is 4.11. The van der Waals surface area contributed by atoms with Crippen molar-refractivity contribution < 1.29 is 5.11 Å². The van der Waals surface area contributed by atoms with Crippen LogP contribution < -0.4 is 5.56 Å². The molecule has 162 valence electrons. The summed E-state index contributed by atoms with van der Waals surface area (Å²) in [5, 5.41) is 36.5. The smallest absolute Gasteiger partial charge is 0.299 e. The van der Waals surface area contributed by atoms with E-state index in [9.17, 15) is 9.90 Å². The molecule has 0 saturated carbocycles. The Labute approximate surface area is 183 Å². The van der Waals surface area contributed by atoms with Gasteiger partial charge in [0.25, 0.3) is 5.56 Å². The molecule has 10 nitrogen and oxygen atoms in total. The third-order valence-electron chi connectivity index (χ3n) is 5.97. The predicted octanol–water partition coefficient (Wildman–Crippen LogP) is 3.88. The van der Waals surface area contributed by atoms with Crippen molar-refractivity contribution in [2.75, 3.05) is 0 Å². The molecule has 0 radical (unpaired) electrons. The fraction of sp³-hybridized carbons (Fsp3) is 0.273.